The number of fused-ring (bicyclic) bond motifs is 1. The normalized spacial score (nSPS) is 11.9. The van der Waals surface area contributed by atoms with Crippen LogP contribution in [0.15, 0.2) is 77.8 Å². The average Bonchev–Trinajstić information content (AvgIpc) is 2.92. The molecule has 3 aromatic carbocycles. The number of rotatable bonds is 9. The molecule has 0 saturated carbocycles. The fourth-order valence-electron chi connectivity index (χ4n) is 4.16. The van der Waals surface area contributed by atoms with Crippen LogP contribution < -0.4 is 14.8 Å². The maximum atomic E-state index is 14.4. The molecule has 11 heteroatoms. The van der Waals surface area contributed by atoms with Crippen molar-refractivity contribution in [3.8, 4) is 11.5 Å². The van der Waals surface area contributed by atoms with E-state index in [2.05, 4.69) is 10.3 Å². The van der Waals surface area contributed by atoms with Gasteiger partial charge in [0.15, 0.2) is 0 Å². The Morgan fingerprint density at radius 2 is 1.41 bits per heavy atom. The number of halogens is 1. The third-order valence-electron chi connectivity index (χ3n) is 6.09. The predicted molar refractivity (Wildman–Crippen MR) is 159 cm³/mol. The Bertz CT molecular complexity index is 1590. The van der Waals surface area contributed by atoms with E-state index in [-0.39, 0.29) is 28.8 Å². The van der Waals surface area contributed by atoms with Gasteiger partial charge >= 0.3 is 6.09 Å². The second kappa shape index (κ2) is 12.3. The molecule has 1 N–H and O–H groups in total. The first-order valence-electron chi connectivity index (χ1n) is 12.7. The largest absolute Gasteiger partial charge is 0.497 e. The van der Waals surface area contributed by atoms with Crippen LogP contribution in [-0.2, 0) is 27.8 Å². The van der Waals surface area contributed by atoms with Crippen LogP contribution in [-0.4, -0.2) is 43.6 Å². The Morgan fingerprint density at radius 1 is 0.878 bits per heavy atom. The molecule has 0 atom stereocenters. The lowest BCUT2D eigenvalue weighted by Gasteiger charge is -2.24. The van der Waals surface area contributed by atoms with Crippen LogP contribution in [0, 0.1) is 0 Å². The average molecular weight is 598 g/mol. The third kappa shape index (κ3) is 7.46. The van der Waals surface area contributed by atoms with Crippen molar-refractivity contribution in [2.75, 3.05) is 19.5 Å². The molecule has 0 aliphatic heterocycles. The van der Waals surface area contributed by atoms with Crippen molar-refractivity contribution in [3.05, 3.63) is 89.2 Å². The first kappa shape index (κ1) is 30.1. The van der Waals surface area contributed by atoms with Crippen molar-refractivity contribution in [2.45, 2.75) is 44.4 Å². The lowest BCUT2D eigenvalue weighted by atomic mass is 10.1. The lowest BCUT2D eigenvalue weighted by Crippen LogP contribution is -2.31. The van der Waals surface area contributed by atoms with Crippen molar-refractivity contribution in [1.29, 1.82) is 0 Å². The topological polar surface area (TPSA) is 107 Å². The number of pyridine rings is 1. The maximum Gasteiger partial charge on any atom is 0.412 e. The molecule has 0 radical (unpaired) electrons. The molecular formula is C30H32ClN3O6S. The summed E-state index contributed by atoms with van der Waals surface area (Å²) >= 11 is 6.40. The number of ether oxygens (including phenoxy) is 3. The van der Waals surface area contributed by atoms with E-state index < -0.39 is 21.7 Å². The molecule has 0 bridgehead atoms. The molecule has 0 saturated heterocycles. The molecule has 0 spiro atoms. The minimum atomic E-state index is -4.17. The van der Waals surface area contributed by atoms with Crippen molar-refractivity contribution < 1.29 is 27.4 Å². The molecule has 0 fully saturated rings. The van der Waals surface area contributed by atoms with Gasteiger partial charge < -0.3 is 14.2 Å². The van der Waals surface area contributed by atoms with Gasteiger partial charge in [0.05, 0.1) is 19.1 Å². The molecule has 1 heterocycles. The molecule has 0 aliphatic rings. The number of hydrogen-bond acceptors (Lipinski definition) is 7. The Balaban J connectivity index is 1.81. The summed E-state index contributed by atoms with van der Waals surface area (Å²) < 4.78 is 46.2. The number of anilines is 1. The maximum absolute atomic E-state index is 14.4. The van der Waals surface area contributed by atoms with Gasteiger partial charge in [0, 0.05) is 35.7 Å². The Morgan fingerprint density at radius 3 is 1.90 bits per heavy atom. The van der Waals surface area contributed by atoms with E-state index in [4.69, 9.17) is 25.8 Å². The molecule has 0 unspecified atom stereocenters. The molecular weight excluding hydrogens is 566 g/mol. The van der Waals surface area contributed by atoms with Gasteiger partial charge in [-0.2, -0.15) is 4.31 Å². The van der Waals surface area contributed by atoms with Gasteiger partial charge in [0.1, 0.15) is 22.3 Å². The Labute approximate surface area is 245 Å². The van der Waals surface area contributed by atoms with Gasteiger partial charge in [-0.15, -0.1) is 0 Å². The highest BCUT2D eigenvalue weighted by atomic mass is 35.5. The van der Waals surface area contributed by atoms with Gasteiger partial charge in [0.2, 0.25) is 10.0 Å². The van der Waals surface area contributed by atoms with E-state index in [1.54, 1.807) is 71.4 Å². The minimum Gasteiger partial charge on any atom is -0.497 e. The number of amides is 1. The second-order valence-corrected chi connectivity index (χ2v) is 12.5. The van der Waals surface area contributed by atoms with Crippen LogP contribution in [0.25, 0.3) is 10.8 Å². The smallest absolute Gasteiger partial charge is 0.412 e. The van der Waals surface area contributed by atoms with Crippen LogP contribution in [0.2, 0.25) is 5.15 Å². The quantitative estimate of drug-likeness (QED) is 0.215. The zero-order chi connectivity index (χ0) is 29.8. The molecule has 9 nitrogen and oxygen atoms in total. The first-order valence-corrected chi connectivity index (χ1v) is 14.6. The highest BCUT2D eigenvalue weighted by molar-refractivity contribution is 7.89. The summed E-state index contributed by atoms with van der Waals surface area (Å²) in [5.74, 6) is 1.32. The van der Waals surface area contributed by atoms with Crippen molar-refractivity contribution in [3.63, 3.8) is 0 Å². The van der Waals surface area contributed by atoms with E-state index >= 15 is 0 Å². The number of aromatic nitrogens is 1. The summed E-state index contributed by atoms with van der Waals surface area (Å²) in [5.41, 5.74) is 0.974. The van der Waals surface area contributed by atoms with E-state index in [9.17, 15) is 13.2 Å². The summed E-state index contributed by atoms with van der Waals surface area (Å²) in [5, 5.41) is 3.48. The number of carbonyl (C=O) groups excluding carboxylic acids is 1. The highest BCUT2D eigenvalue weighted by Gasteiger charge is 2.29. The van der Waals surface area contributed by atoms with E-state index in [0.717, 1.165) is 11.1 Å². The first-order chi connectivity index (χ1) is 19.4. The molecule has 1 amide bonds. The van der Waals surface area contributed by atoms with Crippen LogP contribution in [0.4, 0.5) is 10.5 Å². The Kier molecular flexibility index (Phi) is 9.06. The van der Waals surface area contributed by atoms with Crippen LogP contribution >= 0.6 is 11.6 Å². The number of nitrogens with one attached hydrogen (secondary N) is 1. The van der Waals surface area contributed by atoms with Gasteiger partial charge in [-0.25, -0.2) is 18.2 Å². The standard InChI is InChI=1S/C30H32ClN3O6S/c1-30(2,3)40-29(35)33-22-16-26-25(14-15-32-28(26)31)27(17-22)41(36,37)34(18-20-6-10-23(38-4)11-7-20)19-21-8-12-24(39-5)13-9-21/h6-17H,18-19H2,1-5H3,(H,33,35). The number of nitrogens with zero attached hydrogens (tertiary/aromatic N) is 2. The molecule has 216 valence electrons. The molecule has 41 heavy (non-hydrogen) atoms. The van der Waals surface area contributed by atoms with Crippen molar-refractivity contribution in [2.24, 2.45) is 0 Å². The lowest BCUT2D eigenvalue weighted by molar-refractivity contribution is 0.0636. The SMILES string of the molecule is COc1ccc(CN(Cc2ccc(OC)cc2)S(=O)(=O)c2cc(NC(=O)OC(C)(C)C)cc3c(Cl)nccc23)cc1. The predicted octanol–water partition coefficient (Wildman–Crippen LogP) is 6.64. The van der Waals surface area contributed by atoms with Crippen LogP contribution in [0.5, 0.6) is 11.5 Å². The Hall–Kier alpha value is -3.86. The summed E-state index contributed by atoms with van der Waals surface area (Å²) in [7, 11) is -1.04. The highest BCUT2D eigenvalue weighted by Crippen LogP contribution is 2.34. The number of benzene rings is 3. The zero-order valence-corrected chi connectivity index (χ0v) is 25.0. The summed E-state index contributed by atoms with van der Waals surface area (Å²) in [6, 6.07) is 18.9. The fraction of sp³-hybridized carbons (Fsp3) is 0.267. The number of hydrogen-bond donors (Lipinski definition) is 1. The molecule has 1 aromatic heterocycles. The monoisotopic (exact) mass is 597 g/mol. The van der Waals surface area contributed by atoms with E-state index in [1.165, 1.54) is 16.6 Å². The summed E-state index contributed by atoms with van der Waals surface area (Å²) in [6.07, 6.45) is 0.718. The van der Waals surface area contributed by atoms with Crippen molar-refractivity contribution >= 4 is 44.2 Å². The molecule has 4 aromatic rings. The second-order valence-electron chi connectivity index (χ2n) is 10.3. The summed E-state index contributed by atoms with van der Waals surface area (Å²) in [6.45, 7) is 5.35. The summed E-state index contributed by atoms with van der Waals surface area (Å²) in [4.78, 5) is 16.6. The molecule has 4 rings (SSSR count). The minimum absolute atomic E-state index is 0.0348. The zero-order valence-electron chi connectivity index (χ0n) is 23.5. The molecule has 0 aliphatic carbocycles. The van der Waals surface area contributed by atoms with Crippen molar-refractivity contribution in [1.82, 2.24) is 9.29 Å². The number of methoxy groups -OCH3 is 2. The van der Waals surface area contributed by atoms with E-state index in [1.807, 2.05) is 24.3 Å². The number of sulfonamides is 1. The van der Waals surface area contributed by atoms with Gasteiger partial charge in [-0.05, 0) is 74.4 Å². The fourth-order valence-corrected chi connectivity index (χ4v) is 6.02. The van der Waals surface area contributed by atoms with Crippen LogP contribution in [0.3, 0.4) is 0 Å². The van der Waals surface area contributed by atoms with Gasteiger partial charge in [-0.3, -0.25) is 5.32 Å². The van der Waals surface area contributed by atoms with Gasteiger partial charge in [-0.1, -0.05) is 35.9 Å². The number of carbonyl (C=O) groups is 1. The van der Waals surface area contributed by atoms with E-state index in [0.29, 0.717) is 22.3 Å². The van der Waals surface area contributed by atoms with Crippen LogP contribution in [0.1, 0.15) is 31.9 Å². The van der Waals surface area contributed by atoms with Gasteiger partial charge in [0.25, 0.3) is 0 Å². The third-order valence-corrected chi connectivity index (χ3v) is 8.23.